The summed E-state index contributed by atoms with van der Waals surface area (Å²) in [5.41, 5.74) is 3.05. The van der Waals surface area contributed by atoms with Gasteiger partial charge >= 0.3 is 0 Å². The first-order valence-electron chi connectivity index (χ1n) is 7.23. The molecule has 3 rings (SSSR count). The predicted octanol–water partition coefficient (Wildman–Crippen LogP) is 3.73. The molecule has 102 valence electrons. The Bertz CT molecular complexity index is 520. The van der Waals surface area contributed by atoms with Crippen molar-refractivity contribution in [2.24, 2.45) is 11.3 Å². The van der Waals surface area contributed by atoms with Crippen LogP contribution < -0.4 is 4.74 Å². The summed E-state index contributed by atoms with van der Waals surface area (Å²) >= 11 is 0. The van der Waals surface area contributed by atoms with Gasteiger partial charge in [0.2, 0.25) is 0 Å². The third-order valence-electron chi connectivity index (χ3n) is 5.49. The van der Waals surface area contributed by atoms with Crippen LogP contribution in [0.1, 0.15) is 50.2 Å². The highest BCUT2D eigenvalue weighted by Crippen LogP contribution is 2.58. The van der Waals surface area contributed by atoms with E-state index in [9.17, 15) is 4.79 Å². The third kappa shape index (κ3) is 1.80. The summed E-state index contributed by atoms with van der Waals surface area (Å²) in [7, 11) is 1.72. The maximum absolute atomic E-state index is 11.9. The first kappa shape index (κ1) is 12.7. The summed E-state index contributed by atoms with van der Waals surface area (Å²) in [4.78, 5) is 11.9. The Labute approximate surface area is 115 Å². The van der Waals surface area contributed by atoms with Crippen molar-refractivity contribution in [1.29, 1.82) is 0 Å². The fourth-order valence-corrected chi connectivity index (χ4v) is 4.43. The lowest BCUT2D eigenvalue weighted by atomic mass is 9.63. The molecule has 1 aromatic rings. The van der Waals surface area contributed by atoms with E-state index in [-0.39, 0.29) is 11.3 Å². The van der Waals surface area contributed by atoms with Crippen LogP contribution in [0.25, 0.3) is 0 Å². The number of rotatable bonds is 2. The highest BCUT2D eigenvalue weighted by Gasteiger charge is 2.50. The largest absolute Gasteiger partial charge is 0.497 e. The lowest BCUT2D eigenvalue weighted by molar-refractivity contribution is -0.124. The molecule has 0 aromatic heterocycles. The second-order valence-electron chi connectivity index (χ2n) is 6.36. The van der Waals surface area contributed by atoms with Gasteiger partial charge in [-0.25, -0.2) is 0 Å². The van der Waals surface area contributed by atoms with E-state index in [1.54, 1.807) is 14.0 Å². The van der Waals surface area contributed by atoms with Crippen molar-refractivity contribution in [2.45, 2.75) is 45.4 Å². The van der Waals surface area contributed by atoms with E-state index in [0.29, 0.717) is 11.7 Å². The Hall–Kier alpha value is -1.31. The number of ether oxygens (including phenoxy) is 1. The second kappa shape index (κ2) is 4.36. The minimum atomic E-state index is 0.174. The number of benzene rings is 1. The predicted molar refractivity (Wildman–Crippen MR) is 75.6 cm³/mol. The SMILES string of the molecule is COc1ccc2c(c1)CC[C@]1(C)C(C(C)=O)CCC21. The highest BCUT2D eigenvalue weighted by molar-refractivity contribution is 5.80. The van der Waals surface area contributed by atoms with E-state index < -0.39 is 0 Å². The van der Waals surface area contributed by atoms with E-state index in [4.69, 9.17) is 4.74 Å². The average Bonchev–Trinajstić information content (AvgIpc) is 2.75. The molecule has 2 aliphatic carbocycles. The van der Waals surface area contributed by atoms with Gasteiger partial charge in [0, 0.05) is 5.92 Å². The van der Waals surface area contributed by atoms with Crippen LogP contribution in [0.4, 0.5) is 0 Å². The molecular weight excluding hydrogens is 236 g/mol. The van der Waals surface area contributed by atoms with Gasteiger partial charge in [-0.15, -0.1) is 0 Å². The smallest absolute Gasteiger partial charge is 0.133 e. The van der Waals surface area contributed by atoms with Crippen LogP contribution in [0.15, 0.2) is 18.2 Å². The molecule has 0 heterocycles. The fourth-order valence-electron chi connectivity index (χ4n) is 4.43. The summed E-state index contributed by atoms with van der Waals surface area (Å²) in [6.07, 6.45) is 4.41. The minimum absolute atomic E-state index is 0.174. The van der Waals surface area contributed by atoms with E-state index in [1.165, 1.54) is 11.1 Å². The fraction of sp³-hybridized carbons (Fsp3) is 0.588. The standard InChI is InChI=1S/C17H22O2/c1-11(18)15-6-7-16-14-5-4-13(19-3)10-12(14)8-9-17(15,16)2/h4-5,10,15-16H,6-9H2,1-3H3/t15?,16?,17-/m1/s1. The van der Waals surface area contributed by atoms with Gasteiger partial charge in [0.25, 0.3) is 0 Å². The number of methoxy groups -OCH3 is 1. The molecule has 0 aliphatic heterocycles. The van der Waals surface area contributed by atoms with Gasteiger partial charge in [0.05, 0.1) is 7.11 Å². The zero-order chi connectivity index (χ0) is 13.6. The van der Waals surface area contributed by atoms with Gasteiger partial charge in [-0.05, 0) is 67.2 Å². The molecule has 2 heteroatoms. The molecule has 2 nitrogen and oxygen atoms in total. The van der Waals surface area contributed by atoms with Crippen molar-refractivity contribution in [1.82, 2.24) is 0 Å². The summed E-state index contributed by atoms with van der Waals surface area (Å²) in [6.45, 7) is 4.09. The summed E-state index contributed by atoms with van der Waals surface area (Å²) in [5, 5.41) is 0. The summed E-state index contributed by atoms with van der Waals surface area (Å²) in [5.74, 6) is 2.13. The number of hydrogen-bond acceptors (Lipinski definition) is 2. The van der Waals surface area contributed by atoms with Crippen molar-refractivity contribution < 1.29 is 9.53 Å². The van der Waals surface area contributed by atoms with Crippen molar-refractivity contribution in [3.8, 4) is 5.75 Å². The Morgan fingerprint density at radius 3 is 2.84 bits per heavy atom. The Balaban J connectivity index is 2.01. The molecule has 0 radical (unpaired) electrons. The molecule has 0 spiro atoms. The lowest BCUT2D eigenvalue weighted by Gasteiger charge is -2.41. The van der Waals surface area contributed by atoms with Gasteiger partial charge in [0.15, 0.2) is 0 Å². The van der Waals surface area contributed by atoms with Crippen LogP contribution in [0.3, 0.4) is 0 Å². The number of Topliss-reactive ketones (excluding diaryl/α,β-unsaturated/α-hetero) is 1. The quantitative estimate of drug-likeness (QED) is 0.808. The average molecular weight is 258 g/mol. The van der Waals surface area contributed by atoms with Gasteiger partial charge in [-0.3, -0.25) is 4.79 Å². The number of carbonyl (C=O) groups excluding carboxylic acids is 1. The van der Waals surface area contributed by atoms with Gasteiger partial charge in [0.1, 0.15) is 11.5 Å². The van der Waals surface area contributed by atoms with Crippen LogP contribution in [0.2, 0.25) is 0 Å². The second-order valence-corrected chi connectivity index (χ2v) is 6.36. The molecule has 0 bridgehead atoms. The van der Waals surface area contributed by atoms with Crippen molar-refractivity contribution in [3.05, 3.63) is 29.3 Å². The Kier molecular flexibility index (Phi) is 2.92. The van der Waals surface area contributed by atoms with Crippen LogP contribution in [-0.2, 0) is 11.2 Å². The Morgan fingerprint density at radius 2 is 2.16 bits per heavy atom. The van der Waals surface area contributed by atoms with Crippen LogP contribution >= 0.6 is 0 Å². The zero-order valence-electron chi connectivity index (χ0n) is 12.0. The molecule has 0 saturated heterocycles. The molecular formula is C17H22O2. The van der Waals surface area contributed by atoms with E-state index >= 15 is 0 Å². The van der Waals surface area contributed by atoms with E-state index in [1.807, 2.05) is 0 Å². The zero-order valence-corrected chi connectivity index (χ0v) is 12.0. The maximum Gasteiger partial charge on any atom is 0.133 e. The first-order chi connectivity index (χ1) is 9.06. The highest BCUT2D eigenvalue weighted by atomic mass is 16.5. The van der Waals surface area contributed by atoms with Gasteiger partial charge < -0.3 is 4.74 Å². The molecule has 3 atom stereocenters. The van der Waals surface area contributed by atoms with Crippen LogP contribution in [0, 0.1) is 11.3 Å². The summed E-state index contributed by atoms with van der Waals surface area (Å²) in [6, 6.07) is 6.46. The number of fused-ring (bicyclic) bond motifs is 3. The molecule has 1 fully saturated rings. The van der Waals surface area contributed by atoms with Crippen molar-refractivity contribution in [2.75, 3.05) is 7.11 Å². The molecule has 0 N–H and O–H groups in total. The summed E-state index contributed by atoms with van der Waals surface area (Å²) < 4.78 is 5.32. The topological polar surface area (TPSA) is 26.3 Å². The molecule has 19 heavy (non-hydrogen) atoms. The van der Waals surface area contributed by atoms with Crippen molar-refractivity contribution in [3.63, 3.8) is 0 Å². The van der Waals surface area contributed by atoms with E-state index in [0.717, 1.165) is 31.4 Å². The van der Waals surface area contributed by atoms with Crippen LogP contribution in [-0.4, -0.2) is 12.9 Å². The van der Waals surface area contributed by atoms with E-state index in [2.05, 4.69) is 25.1 Å². The first-order valence-corrected chi connectivity index (χ1v) is 7.23. The van der Waals surface area contributed by atoms with Crippen LogP contribution in [0.5, 0.6) is 5.75 Å². The monoisotopic (exact) mass is 258 g/mol. The third-order valence-corrected chi connectivity index (χ3v) is 5.49. The molecule has 0 amide bonds. The minimum Gasteiger partial charge on any atom is -0.497 e. The maximum atomic E-state index is 11.9. The molecule has 1 saturated carbocycles. The normalized spacial score (nSPS) is 32.6. The van der Waals surface area contributed by atoms with Gasteiger partial charge in [-0.2, -0.15) is 0 Å². The molecule has 1 aromatic carbocycles. The van der Waals surface area contributed by atoms with Crippen molar-refractivity contribution >= 4 is 5.78 Å². The number of carbonyl (C=O) groups is 1. The van der Waals surface area contributed by atoms with Gasteiger partial charge in [-0.1, -0.05) is 13.0 Å². The Morgan fingerprint density at radius 1 is 1.37 bits per heavy atom. The lowest BCUT2D eigenvalue weighted by Crippen LogP contribution is -2.35. The number of ketones is 1. The molecule has 2 aliphatic rings. The number of hydrogen-bond donors (Lipinski definition) is 0. The number of aryl methyl sites for hydroxylation is 1. The molecule has 2 unspecified atom stereocenters.